The van der Waals surface area contributed by atoms with Gasteiger partial charge in [0.15, 0.2) is 0 Å². The van der Waals surface area contributed by atoms with Crippen LogP contribution in [0.3, 0.4) is 0 Å². The van der Waals surface area contributed by atoms with Crippen LogP contribution in [0.25, 0.3) is 0 Å². The Morgan fingerprint density at radius 2 is 1.55 bits per heavy atom. The third kappa shape index (κ3) is 15.5. The van der Waals surface area contributed by atoms with Gasteiger partial charge in [-0.15, -0.1) is 0 Å². The van der Waals surface area contributed by atoms with Gasteiger partial charge in [-0.2, -0.15) is 0 Å². The third-order valence-electron chi connectivity index (χ3n) is 5.22. The number of allylic oxidation sites excluding steroid dienone is 4. The number of unbranched alkanes of at least 4 members (excludes halogenated alkanes) is 8. The summed E-state index contributed by atoms with van der Waals surface area (Å²) in [5, 5.41) is 9.00. The highest BCUT2D eigenvalue weighted by atomic mass is 16.5. The van der Waals surface area contributed by atoms with Crippen molar-refractivity contribution in [1.82, 2.24) is 0 Å². The molecular weight excluding hydrogens is 386 g/mol. The molecule has 174 valence electrons. The molecule has 31 heavy (non-hydrogen) atoms. The first-order chi connectivity index (χ1) is 15.2. The zero-order valence-corrected chi connectivity index (χ0v) is 19.4. The molecular formula is C27H43NO3. The number of ether oxygens (including phenoxy) is 1. The summed E-state index contributed by atoms with van der Waals surface area (Å²) in [6.45, 7) is 2.20. The lowest BCUT2D eigenvalue weighted by atomic mass is 10.1. The molecule has 0 aromatic heterocycles. The van der Waals surface area contributed by atoms with Gasteiger partial charge < -0.3 is 15.6 Å². The van der Waals surface area contributed by atoms with E-state index in [9.17, 15) is 4.79 Å². The lowest BCUT2D eigenvalue weighted by Gasteiger charge is -2.09. The number of benzene rings is 1. The van der Waals surface area contributed by atoms with Crippen molar-refractivity contribution < 1.29 is 14.6 Å². The van der Waals surface area contributed by atoms with Crippen LogP contribution in [0, 0.1) is 0 Å². The first-order valence-corrected chi connectivity index (χ1v) is 12.1. The SMILES string of the molecule is CCCCCC=CCC=CCCCCCCCC(=O)Oc1ccc(C[C@H](N)CO)cc1. The number of carbonyl (C=O) groups is 1. The Morgan fingerprint density at radius 1 is 0.935 bits per heavy atom. The number of aliphatic hydroxyl groups is 1. The molecule has 0 spiro atoms. The van der Waals surface area contributed by atoms with Gasteiger partial charge in [-0.25, -0.2) is 0 Å². The summed E-state index contributed by atoms with van der Waals surface area (Å²) in [4.78, 5) is 12.0. The molecule has 1 aromatic carbocycles. The molecule has 1 atom stereocenters. The minimum atomic E-state index is -0.258. The number of nitrogens with two attached hydrogens (primary N) is 1. The van der Waals surface area contributed by atoms with E-state index in [1.165, 1.54) is 38.5 Å². The summed E-state index contributed by atoms with van der Waals surface area (Å²) in [7, 11) is 0. The highest BCUT2D eigenvalue weighted by molar-refractivity contribution is 5.72. The van der Waals surface area contributed by atoms with Gasteiger partial charge in [-0.05, 0) is 62.6 Å². The van der Waals surface area contributed by atoms with Crippen LogP contribution < -0.4 is 10.5 Å². The molecule has 0 bridgehead atoms. The Balaban J connectivity index is 1.99. The van der Waals surface area contributed by atoms with Crippen LogP contribution in [-0.2, 0) is 11.2 Å². The smallest absolute Gasteiger partial charge is 0.311 e. The van der Waals surface area contributed by atoms with Crippen LogP contribution in [0.2, 0.25) is 0 Å². The van der Waals surface area contributed by atoms with E-state index in [0.29, 0.717) is 18.6 Å². The molecule has 0 aliphatic heterocycles. The van der Waals surface area contributed by atoms with E-state index in [1.807, 2.05) is 12.1 Å². The van der Waals surface area contributed by atoms with E-state index in [0.717, 1.165) is 37.7 Å². The van der Waals surface area contributed by atoms with Gasteiger partial charge in [0.25, 0.3) is 0 Å². The first kappa shape index (κ1) is 27.1. The zero-order chi connectivity index (χ0) is 22.6. The largest absolute Gasteiger partial charge is 0.427 e. The number of carbonyl (C=O) groups excluding carboxylic acids is 1. The normalized spacial score (nSPS) is 12.6. The predicted molar refractivity (Wildman–Crippen MR) is 130 cm³/mol. The van der Waals surface area contributed by atoms with Crippen LogP contribution in [0.15, 0.2) is 48.6 Å². The van der Waals surface area contributed by atoms with E-state index in [4.69, 9.17) is 15.6 Å². The van der Waals surface area contributed by atoms with Gasteiger partial charge in [0.05, 0.1) is 6.61 Å². The van der Waals surface area contributed by atoms with E-state index >= 15 is 0 Å². The van der Waals surface area contributed by atoms with E-state index in [1.54, 1.807) is 12.1 Å². The number of rotatable bonds is 18. The summed E-state index contributed by atoms with van der Waals surface area (Å²) >= 11 is 0. The predicted octanol–water partition coefficient (Wildman–Crippen LogP) is 6.27. The second-order valence-electron chi connectivity index (χ2n) is 8.25. The van der Waals surface area contributed by atoms with Crippen molar-refractivity contribution in [2.75, 3.05) is 6.61 Å². The molecule has 0 radical (unpaired) electrons. The van der Waals surface area contributed by atoms with Crippen LogP contribution in [0.1, 0.15) is 89.5 Å². The molecule has 1 aromatic rings. The molecule has 0 saturated carbocycles. The fraction of sp³-hybridized carbons (Fsp3) is 0.593. The molecule has 0 amide bonds. The highest BCUT2D eigenvalue weighted by Crippen LogP contribution is 2.15. The average molecular weight is 430 g/mol. The number of hydrogen-bond donors (Lipinski definition) is 2. The van der Waals surface area contributed by atoms with Gasteiger partial charge >= 0.3 is 5.97 Å². The van der Waals surface area contributed by atoms with Gasteiger partial charge in [0, 0.05) is 12.5 Å². The number of esters is 1. The maximum atomic E-state index is 12.0. The Hall–Kier alpha value is -1.91. The molecule has 0 aliphatic rings. The molecule has 0 fully saturated rings. The monoisotopic (exact) mass is 429 g/mol. The van der Waals surface area contributed by atoms with Crippen LogP contribution in [-0.4, -0.2) is 23.7 Å². The zero-order valence-electron chi connectivity index (χ0n) is 19.4. The van der Waals surface area contributed by atoms with Crippen LogP contribution in [0.5, 0.6) is 5.75 Å². The van der Waals surface area contributed by atoms with Gasteiger partial charge in [-0.1, -0.05) is 75.5 Å². The van der Waals surface area contributed by atoms with E-state index in [-0.39, 0.29) is 18.6 Å². The van der Waals surface area contributed by atoms with E-state index < -0.39 is 0 Å². The molecule has 0 heterocycles. The van der Waals surface area contributed by atoms with Crippen molar-refractivity contribution in [1.29, 1.82) is 0 Å². The Bertz CT molecular complexity index is 622. The van der Waals surface area contributed by atoms with Crippen molar-refractivity contribution in [2.24, 2.45) is 5.73 Å². The minimum Gasteiger partial charge on any atom is -0.427 e. The quantitative estimate of drug-likeness (QED) is 0.125. The van der Waals surface area contributed by atoms with E-state index in [2.05, 4.69) is 31.2 Å². The van der Waals surface area contributed by atoms with Crippen molar-refractivity contribution in [3.63, 3.8) is 0 Å². The van der Waals surface area contributed by atoms with Crippen LogP contribution in [0.4, 0.5) is 0 Å². The topological polar surface area (TPSA) is 72.5 Å². The fourth-order valence-electron chi connectivity index (χ4n) is 3.32. The third-order valence-corrected chi connectivity index (χ3v) is 5.22. The maximum Gasteiger partial charge on any atom is 0.311 e. The first-order valence-electron chi connectivity index (χ1n) is 12.1. The van der Waals surface area contributed by atoms with Gasteiger partial charge in [0.1, 0.15) is 5.75 Å². The summed E-state index contributed by atoms with van der Waals surface area (Å²) < 4.78 is 5.39. The molecule has 4 heteroatoms. The molecule has 0 saturated heterocycles. The highest BCUT2D eigenvalue weighted by Gasteiger charge is 2.06. The lowest BCUT2D eigenvalue weighted by molar-refractivity contribution is -0.134. The maximum absolute atomic E-state index is 12.0. The average Bonchev–Trinajstić information content (AvgIpc) is 2.77. The summed E-state index contributed by atoms with van der Waals surface area (Å²) in [6, 6.07) is 7.08. The second kappa shape index (κ2) is 18.8. The Labute approximate surface area is 189 Å². The molecule has 1 rings (SSSR count). The fourth-order valence-corrected chi connectivity index (χ4v) is 3.32. The summed E-state index contributed by atoms with van der Waals surface area (Å²) in [5.74, 6) is 0.388. The van der Waals surface area contributed by atoms with Crippen molar-refractivity contribution in [2.45, 2.75) is 96.4 Å². The minimum absolute atomic E-state index is 0.0374. The van der Waals surface area contributed by atoms with Gasteiger partial charge in [0.2, 0.25) is 0 Å². The molecule has 0 aliphatic carbocycles. The molecule has 4 nitrogen and oxygen atoms in total. The lowest BCUT2D eigenvalue weighted by Crippen LogP contribution is -2.26. The molecule has 0 unspecified atom stereocenters. The number of hydrogen-bond acceptors (Lipinski definition) is 4. The summed E-state index contributed by atoms with van der Waals surface area (Å²) in [6.07, 6.45) is 23.1. The van der Waals surface area contributed by atoms with Gasteiger partial charge in [-0.3, -0.25) is 4.79 Å². The number of aliphatic hydroxyl groups excluding tert-OH is 1. The second-order valence-corrected chi connectivity index (χ2v) is 8.25. The Morgan fingerprint density at radius 3 is 2.19 bits per heavy atom. The van der Waals surface area contributed by atoms with Crippen molar-refractivity contribution in [3.8, 4) is 5.75 Å². The van der Waals surface area contributed by atoms with Crippen molar-refractivity contribution in [3.05, 3.63) is 54.1 Å². The van der Waals surface area contributed by atoms with Crippen LogP contribution >= 0.6 is 0 Å². The Kier molecular flexibility index (Phi) is 16.5. The summed E-state index contributed by atoms with van der Waals surface area (Å²) in [5.41, 5.74) is 6.75. The van der Waals surface area contributed by atoms with Crippen molar-refractivity contribution >= 4 is 5.97 Å². The molecule has 3 N–H and O–H groups in total. The standard InChI is InChI=1S/C27H43NO3/c1-2-3-4-5-6-7-8-9-10-11-12-13-14-15-16-17-27(30)31-26-20-18-24(19-21-26)22-25(28)23-29/h6-7,9-10,18-21,25,29H,2-5,8,11-17,22-23,28H2,1H3/t25-/m0/s1.